The lowest BCUT2D eigenvalue weighted by Gasteiger charge is -2.39. The summed E-state index contributed by atoms with van der Waals surface area (Å²) in [7, 11) is 0. The Hall–Kier alpha value is -2.94. The van der Waals surface area contributed by atoms with Crippen LogP contribution >= 0.6 is 0 Å². The Morgan fingerprint density at radius 3 is 2.55 bits per heavy atom. The molecule has 9 heteroatoms. The van der Waals surface area contributed by atoms with E-state index < -0.39 is 6.10 Å². The molecule has 1 aromatic carbocycles. The van der Waals surface area contributed by atoms with Gasteiger partial charge < -0.3 is 24.0 Å². The predicted molar refractivity (Wildman–Crippen MR) is 114 cm³/mol. The van der Waals surface area contributed by atoms with Crippen molar-refractivity contribution >= 4 is 17.5 Å². The van der Waals surface area contributed by atoms with Crippen LogP contribution in [0.3, 0.4) is 0 Å². The van der Waals surface area contributed by atoms with Crippen molar-refractivity contribution in [2.45, 2.75) is 32.3 Å². The van der Waals surface area contributed by atoms with E-state index in [9.17, 15) is 9.59 Å². The summed E-state index contributed by atoms with van der Waals surface area (Å²) < 4.78 is 10.9. The van der Waals surface area contributed by atoms with Crippen LogP contribution in [0.4, 0.5) is 5.69 Å². The van der Waals surface area contributed by atoms with Gasteiger partial charge >= 0.3 is 0 Å². The van der Waals surface area contributed by atoms with Crippen LogP contribution in [0.15, 0.2) is 34.9 Å². The first kappa shape index (κ1) is 21.3. The quantitative estimate of drug-likeness (QED) is 0.683. The van der Waals surface area contributed by atoms with Crippen molar-refractivity contribution in [2.24, 2.45) is 0 Å². The molecule has 0 N–H and O–H groups in total. The fourth-order valence-corrected chi connectivity index (χ4v) is 3.96. The molecule has 166 valence electrons. The number of para-hydroxylation sites is 1. The summed E-state index contributed by atoms with van der Waals surface area (Å²) in [6.45, 7) is 5.98. The SMILES string of the molecule is CCc1noc(CCC(=O)N2CCOC(C(=O)N3CCN(c4ccccc4)CC3)C2)n1. The number of aromatic nitrogens is 2. The van der Waals surface area contributed by atoms with Crippen LogP contribution in [-0.4, -0.2) is 83.7 Å². The highest BCUT2D eigenvalue weighted by molar-refractivity contribution is 5.83. The van der Waals surface area contributed by atoms with E-state index in [1.54, 1.807) is 4.90 Å². The number of piperazine rings is 1. The van der Waals surface area contributed by atoms with Crippen molar-refractivity contribution in [3.63, 3.8) is 0 Å². The number of benzene rings is 1. The Morgan fingerprint density at radius 1 is 1.06 bits per heavy atom. The molecule has 0 spiro atoms. The lowest BCUT2D eigenvalue weighted by molar-refractivity contribution is -0.154. The molecule has 1 atom stereocenters. The first-order valence-electron chi connectivity index (χ1n) is 10.9. The molecule has 0 radical (unpaired) electrons. The zero-order valence-electron chi connectivity index (χ0n) is 17.9. The molecule has 0 aliphatic carbocycles. The molecule has 2 aliphatic rings. The van der Waals surface area contributed by atoms with Crippen LogP contribution in [-0.2, 0) is 27.2 Å². The van der Waals surface area contributed by atoms with Gasteiger partial charge in [0, 0.05) is 57.7 Å². The molecule has 2 saturated heterocycles. The van der Waals surface area contributed by atoms with E-state index in [1.807, 2.05) is 30.0 Å². The number of rotatable bonds is 6. The fraction of sp³-hybridized carbons (Fsp3) is 0.545. The topological polar surface area (TPSA) is 92.0 Å². The minimum Gasteiger partial charge on any atom is -0.368 e. The van der Waals surface area contributed by atoms with Gasteiger partial charge in [-0.25, -0.2) is 0 Å². The normalized spacial score (nSPS) is 19.5. The number of hydrogen-bond acceptors (Lipinski definition) is 7. The molecule has 2 fully saturated rings. The van der Waals surface area contributed by atoms with E-state index in [0.29, 0.717) is 57.3 Å². The van der Waals surface area contributed by atoms with Crippen LogP contribution in [0.1, 0.15) is 25.1 Å². The van der Waals surface area contributed by atoms with Crippen LogP contribution in [0.2, 0.25) is 0 Å². The molecule has 3 heterocycles. The monoisotopic (exact) mass is 427 g/mol. The minimum atomic E-state index is -0.601. The zero-order chi connectivity index (χ0) is 21.6. The molecule has 2 amide bonds. The van der Waals surface area contributed by atoms with Gasteiger partial charge in [-0.15, -0.1) is 0 Å². The first-order chi connectivity index (χ1) is 15.1. The zero-order valence-corrected chi connectivity index (χ0v) is 17.9. The van der Waals surface area contributed by atoms with E-state index >= 15 is 0 Å². The number of nitrogens with zero attached hydrogens (tertiary/aromatic N) is 5. The number of ether oxygens (including phenoxy) is 1. The molecule has 9 nitrogen and oxygen atoms in total. The van der Waals surface area contributed by atoms with Gasteiger partial charge in [0.2, 0.25) is 11.8 Å². The van der Waals surface area contributed by atoms with E-state index in [0.717, 1.165) is 13.1 Å². The Balaban J connectivity index is 1.26. The highest BCUT2D eigenvalue weighted by Crippen LogP contribution is 2.17. The average Bonchev–Trinajstić information content (AvgIpc) is 3.31. The number of aryl methyl sites for hydroxylation is 2. The summed E-state index contributed by atoms with van der Waals surface area (Å²) in [4.78, 5) is 35.7. The van der Waals surface area contributed by atoms with Gasteiger partial charge in [0.1, 0.15) is 0 Å². The van der Waals surface area contributed by atoms with Gasteiger partial charge in [-0.3, -0.25) is 9.59 Å². The highest BCUT2D eigenvalue weighted by atomic mass is 16.5. The molecule has 0 bridgehead atoms. The Morgan fingerprint density at radius 2 is 1.84 bits per heavy atom. The maximum atomic E-state index is 13.0. The Labute approximate surface area is 181 Å². The van der Waals surface area contributed by atoms with Crippen LogP contribution in [0.5, 0.6) is 0 Å². The molecule has 1 unspecified atom stereocenters. The van der Waals surface area contributed by atoms with Crippen molar-refractivity contribution < 1.29 is 18.8 Å². The van der Waals surface area contributed by atoms with Crippen LogP contribution < -0.4 is 4.90 Å². The number of hydrogen-bond donors (Lipinski definition) is 0. The Kier molecular flexibility index (Phi) is 6.81. The number of morpholine rings is 1. The summed E-state index contributed by atoms with van der Waals surface area (Å²) in [5.41, 5.74) is 1.17. The highest BCUT2D eigenvalue weighted by Gasteiger charge is 2.33. The second-order valence-corrected chi connectivity index (χ2v) is 7.80. The van der Waals surface area contributed by atoms with Gasteiger partial charge in [0.15, 0.2) is 11.9 Å². The molecule has 4 rings (SSSR count). The van der Waals surface area contributed by atoms with Gasteiger partial charge in [-0.05, 0) is 12.1 Å². The summed E-state index contributed by atoms with van der Waals surface area (Å²) in [5.74, 6) is 1.06. The molecule has 2 aliphatic heterocycles. The van der Waals surface area contributed by atoms with Crippen molar-refractivity contribution in [2.75, 3.05) is 50.8 Å². The van der Waals surface area contributed by atoms with Crippen LogP contribution in [0, 0.1) is 0 Å². The average molecular weight is 428 g/mol. The third-order valence-electron chi connectivity index (χ3n) is 5.79. The standard InChI is InChI=1S/C22H29N5O4/c1-2-19-23-20(31-24-19)8-9-21(28)27-14-15-30-18(16-27)22(29)26-12-10-25(11-13-26)17-6-4-3-5-7-17/h3-7,18H,2,8-16H2,1H3. The third kappa shape index (κ3) is 5.22. The van der Waals surface area contributed by atoms with E-state index in [4.69, 9.17) is 9.26 Å². The van der Waals surface area contributed by atoms with Crippen molar-refractivity contribution in [3.05, 3.63) is 42.0 Å². The van der Waals surface area contributed by atoms with Crippen LogP contribution in [0.25, 0.3) is 0 Å². The number of carbonyl (C=O) groups is 2. The van der Waals surface area contributed by atoms with E-state index in [1.165, 1.54) is 5.69 Å². The molecule has 31 heavy (non-hydrogen) atoms. The van der Waals surface area contributed by atoms with E-state index in [-0.39, 0.29) is 18.2 Å². The third-order valence-corrected chi connectivity index (χ3v) is 5.79. The van der Waals surface area contributed by atoms with Gasteiger partial charge in [0.25, 0.3) is 5.91 Å². The lowest BCUT2D eigenvalue weighted by atomic mass is 10.2. The van der Waals surface area contributed by atoms with E-state index in [2.05, 4.69) is 27.2 Å². The smallest absolute Gasteiger partial charge is 0.253 e. The molecule has 1 aromatic heterocycles. The Bertz CT molecular complexity index is 879. The maximum Gasteiger partial charge on any atom is 0.253 e. The molecule has 0 saturated carbocycles. The predicted octanol–water partition coefficient (Wildman–Crippen LogP) is 1.14. The van der Waals surface area contributed by atoms with Gasteiger partial charge in [-0.1, -0.05) is 30.3 Å². The minimum absolute atomic E-state index is 0.0220. The summed E-state index contributed by atoms with van der Waals surface area (Å²) in [6.07, 6.45) is 0.784. The second kappa shape index (κ2) is 9.91. The molecular weight excluding hydrogens is 398 g/mol. The van der Waals surface area contributed by atoms with Gasteiger partial charge in [-0.2, -0.15) is 4.98 Å². The maximum absolute atomic E-state index is 13.0. The summed E-state index contributed by atoms with van der Waals surface area (Å²) in [6, 6.07) is 10.2. The fourth-order valence-electron chi connectivity index (χ4n) is 3.96. The molecular formula is C22H29N5O4. The van der Waals surface area contributed by atoms with Crippen molar-refractivity contribution in [3.8, 4) is 0 Å². The largest absolute Gasteiger partial charge is 0.368 e. The number of carbonyl (C=O) groups excluding carboxylic acids is 2. The van der Waals surface area contributed by atoms with Crippen molar-refractivity contribution in [1.29, 1.82) is 0 Å². The molecule has 2 aromatic rings. The van der Waals surface area contributed by atoms with Gasteiger partial charge in [0.05, 0.1) is 13.2 Å². The first-order valence-corrected chi connectivity index (χ1v) is 10.9. The number of amides is 2. The summed E-state index contributed by atoms with van der Waals surface area (Å²) >= 11 is 0. The second-order valence-electron chi connectivity index (χ2n) is 7.80. The lowest BCUT2D eigenvalue weighted by Crippen LogP contribution is -2.56. The van der Waals surface area contributed by atoms with Crippen molar-refractivity contribution in [1.82, 2.24) is 19.9 Å². The summed E-state index contributed by atoms with van der Waals surface area (Å²) in [5, 5.41) is 3.85. The number of anilines is 1.